The fraction of sp³-hybridized carbons (Fsp3) is 0.778. The first-order valence-corrected chi connectivity index (χ1v) is 6.82. The molecule has 0 saturated carbocycles. The highest BCUT2D eigenvalue weighted by atomic mass is 28.4. The molecule has 13 heavy (non-hydrogen) atoms. The van der Waals surface area contributed by atoms with Gasteiger partial charge >= 0.3 is 8.80 Å². The van der Waals surface area contributed by atoms with Crippen LogP contribution < -0.4 is 0 Å². The normalized spacial score (nSPS) is 10.5. The van der Waals surface area contributed by atoms with Crippen molar-refractivity contribution in [3.8, 4) is 0 Å². The molecule has 80 valence electrons. The van der Waals surface area contributed by atoms with Gasteiger partial charge in [0, 0.05) is 26.4 Å². The standard InChI is InChI=1S/C7H18O3Si.C2H4/c1-5-8-11(4,9-6-2)10-7-3;1-2/h5-7H2,1-4H3;1-2H2. The van der Waals surface area contributed by atoms with Crippen LogP contribution in [0.5, 0.6) is 0 Å². The smallest absolute Gasteiger partial charge is 0.374 e. The molecule has 4 heteroatoms. The van der Waals surface area contributed by atoms with Gasteiger partial charge in [-0.25, -0.2) is 0 Å². The molecule has 0 bridgehead atoms. The van der Waals surface area contributed by atoms with E-state index in [2.05, 4.69) is 13.2 Å². The van der Waals surface area contributed by atoms with Gasteiger partial charge in [0.1, 0.15) is 0 Å². The zero-order chi connectivity index (χ0) is 10.7. The van der Waals surface area contributed by atoms with Crippen molar-refractivity contribution < 1.29 is 13.3 Å². The topological polar surface area (TPSA) is 27.7 Å². The van der Waals surface area contributed by atoms with E-state index in [1.165, 1.54) is 0 Å². The highest BCUT2D eigenvalue weighted by Gasteiger charge is 2.32. The molecule has 0 aliphatic heterocycles. The summed E-state index contributed by atoms with van der Waals surface area (Å²) in [6.45, 7) is 15.7. The molecule has 3 nitrogen and oxygen atoms in total. The maximum Gasteiger partial charge on any atom is 0.497 e. The minimum atomic E-state index is -2.25. The van der Waals surface area contributed by atoms with E-state index in [0.29, 0.717) is 19.8 Å². The molecule has 0 spiro atoms. The summed E-state index contributed by atoms with van der Waals surface area (Å²) in [5.41, 5.74) is 0. The second-order valence-corrected chi connectivity index (χ2v) is 4.75. The quantitative estimate of drug-likeness (QED) is 0.493. The van der Waals surface area contributed by atoms with Gasteiger partial charge in [-0.15, -0.1) is 13.2 Å². The van der Waals surface area contributed by atoms with Crippen molar-refractivity contribution in [2.75, 3.05) is 19.8 Å². The molecule has 0 atom stereocenters. The van der Waals surface area contributed by atoms with E-state index in [4.69, 9.17) is 13.3 Å². The van der Waals surface area contributed by atoms with Crippen LogP contribution in [0.25, 0.3) is 0 Å². The van der Waals surface area contributed by atoms with Gasteiger partial charge in [-0.3, -0.25) is 0 Å². The second-order valence-electron chi connectivity index (χ2n) is 2.16. The lowest BCUT2D eigenvalue weighted by Crippen LogP contribution is -2.42. The molecule has 0 amide bonds. The average molecular weight is 206 g/mol. The largest absolute Gasteiger partial charge is 0.497 e. The fourth-order valence-corrected chi connectivity index (χ4v) is 2.73. The van der Waals surface area contributed by atoms with Gasteiger partial charge < -0.3 is 13.3 Å². The van der Waals surface area contributed by atoms with Crippen molar-refractivity contribution in [2.24, 2.45) is 0 Å². The second kappa shape index (κ2) is 9.92. The van der Waals surface area contributed by atoms with Gasteiger partial charge in [0.2, 0.25) is 0 Å². The lowest BCUT2D eigenvalue weighted by Gasteiger charge is -2.23. The van der Waals surface area contributed by atoms with Crippen LogP contribution in [0.2, 0.25) is 6.55 Å². The van der Waals surface area contributed by atoms with Gasteiger partial charge in [0.05, 0.1) is 0 Å². The van der Waals surface area contributed by atoms with Crippen molar-refractivity contribution in [3.63, 3.8) is 0 Å². The Balaban J connectivity index is 0. The minimum absolute atomic E-state index is 0.655. The van der Waals surface area contributed by atoms with E-state index in [1.54, 1.807) is 0 Å². The van der Waals surface area contributed by atoms with Crippen molar-refractivity contribution in [3.05, 3.63) is 13.2 Å². The Hall–Kier alpha value is -0.163. The van der Waals surface area contributed by atoms with Gasteiger partial charge in [0.25, 0.3) is 0 Å². The lowest BCUT2D eigenvalue weighted by molar-refractivity contribution is 0.0783. The summed E-state index contributed by atoms with van der Waals surface area (Å²) in [4.78, 5) is 0. The van der Waals surface area contributed by atoms with Crippen LogP contribution in [-0.2, 0) is 13.3 Å². The molecule has 0 saturated heterocycles. The molecule has 0 unspecified atom stereocenters. The third kappa shape index (κ3) is 8.17. The third-order valence-corrected chi connectivity index (χ3v) is 3.66. The molecule has 0 heterocycles. The van der Waals surface area contributed by atoms with Gasteiger partial charge in [-0.2, -0.15) is 0 Å². The first-order chi connectivity index (χ1) is 6.18. The Labute approximate surface area is 83.1 Å². The Bertz CT molecular complexity index is 92.0. The van der Waals surface area contributed by atoms with Gasteiger partial charge in [-0.1, -0.05) is 0 Å². The Morgan fingerprint density at radius 1 is 0.846 bits per heavy atom. The molecule has 0 aliphatic rings. The molecule has 0 fully saturated rings. The molecular formula is C9H22O3Si. The lowest BCUT2D eigenvalue weighted by atomic mass is 10.9. The van der Waals surface area contributed by atoms with Gasteiger partial charge in [-0.05, 0) is 20.8 Å². The predicted octanol–water partition coefficient (Wildman–Crippen LogP) is 2.47. The van der Waals surface area contributed by atoms with Crippen LogP contribution in [0.15, 0.2) is 13.2 Å². The Morgan fingerprint density at radius 2 is 1.08 bits per heavy atom. The van der Waals surface area contributed by atoms with Crippen LogP contribution in [0.4, 0.5) is 0 Å². The van der Waals surface area contributed by atoms with Crippen LogP contribution in [-0.4, -0.2) is 28.6 Å². The number of hydrogen-bond acceptors (Lipinski definition) is 3. The number of hydrogen-bond donors (Lipinski definition) is 0. The van der Waals surface area contributed by atoms with Crippen LogP contribution >= 0.6 is 0 Å². The monoisotopic (exact) mass is 206 g/mol. The summed E-state index contributed by atoms with van der Waals surface area (Å²) in [5.74, 6) is 0. The Morgan fingerprint density at radius 3 is 1.23 bits per heavy atom. The molecule has 0 aliphatic carbocycles. The maximum atomic E-state index is 5.40. The number of rotatable bonds is 6. The summed E-state index contributed by atoms with van der Waals surface area (Å²) in [6, 6.07) is 0. The summed E-state index contributed by atoms with van der Waals surface area (Å²) in [7, 11) is -2.25. The molecule has 0 aromatic rings. The zero-order valence-electron chi connectivity index (χ0n) is 9.26. The first-order valence-electron chi connectivity index (χ1n) is 4.60. The highest BCUT2D eigenvalue weighted by Crippen LogP contribution is 2.08. The van der Waals surface area contributed by atoms with E-state index in [1.807, 2.05) is 27.3 Å². The van der Waals surface area contributed by atoms with E-state index in [9.17, 15) is 0 Å². The average Bonchev–Trinajstić information content (AvgIpc) is 2.09. The summed E-state index contributed by atoms with van der Waals surface area (Å²) in [6.07, 6.45) is 0. The highest BCUT2D eigenvalue weighted by molar-refractivity contribution is 6.59. The zero-order valence-corrected chi connectivity index (χ0v) is 10.3. The molecule has 0 aromatic carbocycles. The molecule has 0 rings (SSSR count). The van der Waals surface area contributed by atoms with Crippen LogP contribution in [0, 0.1) is 0 Å². The maximum absolute atomic E-state index is 5.40. The minimum Gasteiger partial charge on any atom is -0.374 e. The van der Waals surface area contributed by atoms with E-state index in [-0.39, 0.29) is 0 Å². The van der Waals surface area contributed by atoms with Crippen LogP contribution in [0.1, 0.15) is 20.8 Å². The fourth-order valence-electron chi connectivity index (χ4n) is 0.912. The van der Waals surface area contributed by atoms with E-state index < -0.39 is 8.80 Å². The first kappa shape index (κ1) is 15.3. The van der Waals surface area contributed by atoms with Gasteiger partial charge in [0.15, 0.2) is 0 Å². The predicted molar refractivity (Wildman–Crippen MR) is 57.8 cm³/mol. The van der Waals surface area contributed by atoms with E-state index >= 15 is 0 Å². The summed E-state index contributed by atoms with van der Waals surface area (Å²) >= 11 is 0. The molecule has 0 radical (unpaired) electrons. The third-order valence-electron chi connectivity index (χ3n) is 1.22. The molecular weight excluding hydrogens is 184 g/mol. The molecule has 0 N–H and O–H groups in total. The summed E-state index contributed by atoms with van der Waals surface area (Å²) in [5, 5.41) is 0. The molecule has 0 aromatic heterocycles. The SMILES string of the molecule is C=C.CCO[Si](C)(OCC)OCC. The van der Waals surface area contributed by atoms with Crippen molar-refractivity contribution in [2.45, 2.75) is 27.3 Å². The van der Waals surface area contributed by atoms with Crippen molar-refractivity contribution in [1.29, 1.82) is 0 Å². The van der Waals surface area contributed by atoms with Crippen molar-refractivity contribution >= 4 is 8.80 Å². The van der Waals surface area contributed by atoms with Crippen LogP contribution in [0.3, 0.4) is 0 Å². The van der Waals surface area contributed by atoms with E-state index in [0.717, 1.165) is 0 Å². The Kier molecular flexibility index (Phi) is 11.7. The van der Waals surface area contributed by atoms with Crippen molar-refractivity contribution in [1.82, 2.24) is 0 Å². The summed E-state index contributed by atoms with van der Waals surface area (Å²) < 4.78 is 16.2.